The molecule has 0 bridgehead atoms. The van der Waals surface area contributed by atoms with Crippen LogP contribution in [0.25, 0.3) is 0 Å². The van der Waals surface area contributed by atoms with E-state index in [4.69, 9.17) is 5.73 Å². The fourth-order valence-corrected chi connectivity index (χ4v) is 3.50. The highest BCUT2D eigenvalue weighted by Gasteiger charge is 2.25. The lowest BCUT2D eigenvalue weighted by molar-refractivity contribution is 0.0681. The van der Waals surface area contributed by atoms with Gasteiger partial charge in [-0.15, -0.1) is 0 Å². The molecule has 0 spiro atoms. The van der Waals surface area contributed by atoms with Gasteiger partial charge in [0.25, 0.3) is 5.91 Å². The van der Waals surface area contributed by atoms with Gasteiger partial charge in [0.1, 0.15) is 0 Å². The van der Waals surface area contributed by atoms with E-state index in [0.717, 1.165) is 24.7 Å². The van der Waals surface area contributed by atoms with E-state index in [0.29, 0.717) is 30.3 Å². The lowest BCUT2D eigenvalue weighted by Crippen LogP contribution is -2.42. The van der Waals surface area contributed by atoms with Gasteiger partial charge in [-0.3, -0.25) is 9.52 Å². The van der Waals surface area contributed by atoms with E-state index in [9.17, 15) is 13.2 Å². The molecule has 2 rings (SSSR count). The summed E-state index contributed by atoms with van der Waals surface area (Å²) in [6.07, 6.45) is 2.91. The van der Waals surface area contributed by atoms with Gasteiger partial charge in [0.15, 0.2) is 0 Å². The molecule has 1 fully saturated rings. The number of amides is 1. The van der Waals surface area contributed by atoms with Gasteiger partial charge in [-0.1, -0.05) is 6.07 Å². The molecule has 1 aromatic rings. The molecule has 1 aromatic carbocycles. The van der Waals surface area contributed by atoms with Crippen LogP contribution in [0, 0.1) is 12.8 Å². The quantitative estimate of drug-likeness (QED) is 0.871. The fourth-order valence-electron chi connectivity index (χ4n) is 2.88. The maximum atomic E-state index is 12.6. The fraction of sp³-hybridized carbons (Fsp3) is 0.562. The predicted molar refractivity (Wildman–Crippen MR) is 91.9 cm³/mol. The molecule has 6 nitrogen and oxygen atoms in total. The second-order valence-electron chi connectivity index (χ2n) is 6.39. The highest BCUT2D eigenvalue weighted by Crippen LogP contribution is 2.23. The highest BCUT2D eigenvalue weighted by molar-refractivity contribution is 7.92. The Morgan fingerprint density at radius 1 is 1.35 bits per heavy atom. The Kier molecular flexibility index (Phi) is 5.31. The first-order chi connectivity index (χ1) is 10.7. The Morgan fingerprint density at radius 2 is 1.96 bits per heavy atom. The summed E-state index contributed by atoms with van der Waals surface area (Å²) in [4.78, 5) is 14.4. The lowest BCUT2D eigenvalue weighted by atomic mass is 9.90. The van der Waals surface area contributed by atoms with Crippen molar-refractivity contribution in [2.75, 3.05) is 24.1 Å². The molecule has 0 aliphatic carbocycles. The zero-order chi connectivity index (χ0) is 17.2. The van der Waals surface area contributed by atoms with Crippen LogP contribution in [0.2, 0.25) is 0 Å². The van der Waals surface area contributed by atoms with E-state index in [1.54, 1.807) is 25.1 Å². The van der Waals surface area contributed by atoms with Gasteiger partial charge in [0, 0.05) is 24.7 Å². The molecule has 3 N–H and O–H groups in total. The number of sulfonamides is 1. The number of carbonyl (C=O) groups is 1. The molecule has 128 valence electrons. The Hall–Kier alpha value is -1.60. The Morgan fingerprint density at radius 3 is 2.48 bits per heavy atom. The van der Waals surface area contributed by atoms with E-state index in [2.05, 4.69) is 4.72 Å². The van der Waals surface area contributed by atoms with Gasteiger partial charge in [-0.05, 0) is 50.3 Å². The molecule has 1 amide bonds. The Bertz CT molecular complexity index is 678. The monoisotopic (exact) mass is 339 g/mol. The third-order valence-electron chi connectivity index (χ3n) is 4.35. The van der Waals surface area contributed by atoms with Crippen molar-refractivity contribution in [1.82, 2.24) is 4.90 Å². The summed E-state index contributed by atoms with van der Waals surface area (Å²) in [5, 5.41) is 0. The number of carbonyl (C=O) groups excluding carboxylic acids is 1. The number of benzene rings is 1. The molecule has 1 aliphatic rings. The minimum absolute atomic E-state index is 0.0651. The number of hydrogen-bond acceptors (Lipinski definition) is 4. The van der Waals surface area contributed by atoms with E-state index in [1.807, 2.05) is 11.8 Å². The summed E-state index contributed by atoms with van der Waals surface area (Å²) in [6, 6.07) is 5.26. The minimum atomic E-state index is -3.37. The van der Waals surface area contributed by atoms with E-state index in [1.165, 1.54) is 0 Å². The number of nitrogens with two attached hydrogens (primary N) is 1. The summed E-state index contributed by atoms with van der Waals surface area (Å²) in [5.41, 5.74) is 7.66. The lowest BCUT2D eigenvalue weighted by Gasteiger charge is -2.33. The van der Waals surface area contributed by atoms with Crippen molar-refractivity contribution in [2.45, 2.75) is 32.7 Å². The van der Waals surface area contributed by atoms with Gasteiger partial charge >= 0.3 is 0 Å². The van der Waals surface area contributed by atoms with Crippen LogP contribution in [0.4, 0.5) is 5.69 Å². The molecular weight excluding hydrogens is 314 g/mol. The summed E-state index contributed by atoms with van der Waals surface area (Å²) in [6.45, 7) is 5.18. The SMILES string of the molecule is Cc1ccc(C(=O)N2CCC(C(C)N)CC2)cc1NS(C)(=O)=O. The summed E-state index contributed by atoms with van der Waals surface area (Å²) >= 11 is 0. The zero-order valence-corrected chi connectivity index (χ0v) is 14.7. The van der Waals surface area contributed by atoms with Crippen molar-refractivity contribution in [3.8, 4) is 0 Å². The summed E-state index contributed by atoms with van der Waals surface area (Å²) in [5.74, 6) is 0.393. The predicted octanol–water partition coefficient (Wildman–Crippen LogP) is 1.57. The molecule has 1 atom stereocenters. The maximum absolute atomic E-state index is 12.6. The summed E-state index contributed by atoms with van der Waals surface area (Å²) < 4.78 is 25.3. The molecule has 23 heavy (non-hydrogen) atoms. The molecule has 1 unspecified atom stereocenters. The zero-order valence-electron chi connectivity index (χ0n) is 13.9. The van der Waals surface area contributed by atoms with Crippen molar-refractivity contribution in [3.63, 3.8) is 0 Å². The normalized spacial score (nSPS) is 17.8. The van der Waals surface area contributed by atoms with Crippen LogP contribution < -0.4 is 10.5 Å². The van der Waals surface area contributed by atoms with Crippen molar-refractivity contribution >= 4 is 21.6 Å². The van der Waals surface area contributed by atoms with Crippen LogP contribution in [0.5, 0.6) is 0 Å². The number of hydrogen-bond donors (Lipinski definition) is 2. The average molecular weight is 339 g/mol. The Balaban J connectivity index is 2.13. The van der Waals surface area contributed by atoms with E-state index in [-0.39, 0.29) is 11.9 Å². The van der Waals surface area contributed by atoms with Gasteiger partial charge in [-0.2, -0.15) is 0 Å². The van der Waals surface area contributed by atoms with Crippen molar-refractivity contribution in [1.29, 1.82) is 0 Å². The van der Waals surface area contributed by atoms with Crippen LogP contribution in [0.15, 0.2) is 18.2 Å². The molecule has 7 heteroatoms. The topological polar surface area (TPSA) is 92.5 Å². The number of rotatable bonds is 4. The number of nitrogens with one attached hydrogen (secondary N) is 1. The third-order valence-corrected chi connectivity index (χ3v) is 4.94. The van der Waals surface area contributed by atoms with Gasteiger partial charge in [-0.25, -0.2) is 8.42 Å². The minimum Gasteiger partial charge on any atom is -0.339 e. The van der Waals surface area contributed by atoms with Crippen LogP contribution in [0.3, 0.4) is 0 Å². The first kappa shape index (κ1) is 17.7. The van der Waals surface area contributed by atoms with Crippen LogP contribution >= 0.6 is 0 Å². The van der Waals surface area contributed by atoms with Gasteiger partial charge in [0.2, 0.25) is 10.0 Å². The molecular formula is C16H25N3O3S. The molecule has 1 heterocycles. The van der Waals surface area contributed by atoms with Gasteiger partial charge < -0.3 is 10.6 Å². The van der Waals surface area contributed by atoms with E-state index >= 15 is 0 Å². The standard InChI is InChI=1S/C16H25N3O3S/c1-11-4-5-14(10-15(11)18-23(3,21)22)16(20)19-8-6-13(7-9-19)12(2)17/h4-5,10,12-13,18H,6-9,17H2,1-3H3. The summed E-state index contributed by atoms with van der Waals surface area (Å²) in [7, 11) is -3.37. The van der Waals surface area contributed by atoms with E-state index < -0.39 is 10.0 Å². The van der Waals surface area contributed by atoms with Crippen molar-refractivity contribution in [3.05, 3.63) is 29.3 Å². The number of nitrogens with zero attached hydrogens (tertiary/aromatic N) is 1. The first-order valence-corrected chi connectivity index (χ1v) is 9.70. The molecule has 1 saturated heterocycles. The molecule has 0 aromatic heterocycles. The maximum Gasteiger partial charge on any atom is 0.253 e. The number of piperidine rings is 1. The molecule has 0 saturated carbocycles. The smallest absolute Gasteiger partial charge is 0.253 e. The molecule has 1 aliphatic heterocycles. The number of anilines is 1. The second-order valence-corrected chi connectivity index (χ2v) is 8.14. The Labute approximate surface area is 138 Å². The number of aryl methyl sites for hydroxylation is 1. The average Bonchev–Trinajstić information content (AvgIpc) is 2.47. The second kappa shape index (κ2) is 6.88. The van der Waals surface area contributed by atoms with Gasteiger partial charge in [0.05, 0.1) is 11.9 Å². The van der Waals surface area contributed by atoms with Crippen LogP contribution in [-0.2, 0) is 10.0 Å². The third kappa shape index (κ3) is 4.68. The highest BCUT2D eigenvalue weighted by atomic mass is 32.2. The first-order valence-electron chi connectivity index (χ1n) is 7.80. The largest absolute Gasteiger partial charge is 0.339 e. The number of likely N-dealkylation sites (tertiary alicyclic amines) is 1. The molecule has 0 radical (unpaired) electrons. The van der Waals surface area contributed by atoms with Crippen LogP contribution in [0.1, 0.15) is 35.7 Å². The van der Waals surface area contributed by atoms with Crippen molar-refractivity contribution < 1.29 is 13.2 Å². The van der Waals surface area contributed by atoms with Crippen LogP contribution in [-0.4, -0.2) is 44.6 Å². The van der Waals surface area contributed by atoms with Crippen molar-refractivity contribution in [2.24, 2.45) is 11.7 Å².